The van der Waals surface area contributed by atoms with Crippen molar-refractivity contribution in [3.05, 3.63) is 22.4 Å². The fourth-order valence-corrected chi connectivity index (χ4v) is 3.95. The van der Waals surface area contributed by atoms with Crippen LogP contribution in [0.1, 0.15) is 36.5 Å². The van der Waals surface area contributed by atoms with Crippen LogP contribution in [-0.2, 0) is 14.3 Å². The average molecular weight is 309 g/mol. The van der Waals surface area contributed by atoms with E-state index >= 15 is 0 Å². The lowest BCUT2D eigenvalue weighted by molar-refractivity contribution is -0.153. The maximum absolute atomic E-state index is 12.7. The third-order valence-corrected chi connectivity index (χ3v) is 5.07. The van der Waals surface area contributed by atoms with Gasteiger partial charge in [-0.1, -0.05) is 0 Å². The Bertz CT molecular complexity index is 530. The molecule has 114 valence electrons. The molecule has 0 bridgehead atoms. The summed E-state index contributed by atoms with van der Waals surface area (Å²) >= 11 is 1.51. The molecule has 0 radical (unpaired) electrons. The maximum atomic E-state index is 12.7. The van der Waals surface area contributed by atoms with Gasteiger partial charge >= 0.3 is 5.97 Å². The smallest absolute Gasteiger partial charge is 0.335 e. The van der Waals surface area contributed by atoms with E-state index in [1.165, 1.54) is 18.4 Å². The molecule has 0 aliphatic carbocycles. The Morgan fingerprint density at radius 1 is 1.43 bits per heavy atom. The second-order valence-corrected chi connectivity index (χ2v) is 6.42. The van der Waals surface area contributed by atoms with Gasteiger partial charge in [0, 0.05) is 17.8 Å². The molecule has 3 heterocycles. The lowest BCUT2D eigenvalue weighted by Crippen LogP contribution is -2.53. The van der Waals surface area contributed by atoms with Gasteiger partial charge in [0.15, 0.2) is 6.10 Å². The van der Waals surface area contributed by atoms with Gasteiger partial charge in [-0.3, -0.25) is 4.79 Å². The quantitative estimate of drug-likeness (QED) is 0.785. The number of fused-ring (bicyclic) bond motifs is 1. The molecule has 1 amide bonds. The number of likely N-dealkylation sites (tertiary alicyclic amines) is 1. The van der Waals surface area contributed by atoms with E-state index in [2.05, 4.69) is 6.92 Å². The lowest BCUT2D eigenvalue weighted by Gasteiger charge is -2.41. The summed E-state index contributed by atoms with van der Waals surface area (Å²) in [4.78, 5) is 26.3. The third-order valence-electron chi connectivity index (χ3n) is 4.39. The molecule has 0 unspecified atom stereocenters. The number of hydrogen-bond donors (Lipinski definition) is 0. The standard InChI is InChI=1S/C15H19NO4S/c1-9-3-4-12-11(7-13(20-12)15(18)19-2)16(9)14(17)10-5-6-21-8-10/h5-6,8-9,11-13H,3-4,7H2,1-2H3/t9-,11-,12+,13+/m1/s1. The van der Waals surface area contributed by atoms with Gasteiger partial charge in [-0.15, -0.1) is 0 Å². The summed E-state index contributed by atoms with van der Waals surface area (Å²) in [6.45, 7) is 2.06. The van der Waals surface area contributed by atoms with E-state index in [0.717, 1.165) is 12.8 Å². The molecule has 3 rings (SSSR count). The molecule has 0 spiro atoms. The summed E-state index contributed by atoms with van der Waals surface area (Å²) in [5.41, 5.74) is 0.717. The van der Waals surface area contributed by atoms with Gasteiger partial charge in [-0.2, -0.15) is 11.3 Å². The molecule has 0 N–H and O–H groups in total. The van der Waals surface area contributed by atoms with Gasteiger partial charge in [0.25, 0.3) is 5.91 Å². The van der Waals surface area contributed by atoms with E-state index in [4.69, 9.17) is 9.47 Å². The number of esters is 1. The molecular formula is C15H19NO4S. The first-order valence-corrected chi connectivity index (χ1v) is 8.14. The predicted molar refractivity (Wildman–Crippen MR) is 78.3 cm³/mol. The number of amides is 1. The Balaban J connectivity index is 1.82. The highest BCUT2D eigenvalue weighted by Gasteiger charge is 2.47. The van der Waals surface area contributed by atoms with Crippen LogP contribution >= 0.6 is 11.3 Å². The Hall–Kier alpha value is -1.40. The van der Waals surface area contributed by atoms with Crippen LogP contribution in [0.4, 0.5) is 0 Å². The number of rotatable bonds is 2. The molecular weight excluding hydrogens is 290 g/mol. The molecule has 2 aliphatic heterocycles. The molecule has 4 atom stereocenters. The average Bonchev–Trinajstić information content (AvgIpc) is 3.14. The van der Waals surface area contributed by atoms with Crippen LogP contribution in [0.25, 0.3) is 0 Å². The largest absolute Gasteiger partial charge is 0.467 e. The number of carbonyl (C=O) groups is 2. The van der Waals surface area contributed by atoms with E-state index in [0.29, 0.717) is 12.0 Å². The van der Waals surface area contributed by atoms with Crippen molar-refractivity contribution in [1.82, 2.24) is 4.90 Å². The van der Waals surface area contributed by atoms with Crippen molar-refractivity contribution in [2.45, 2.75) is 50.5 Å². The number of nitrogens with zero attached hydrogens (tertiary/aromatic N) is 1. The Morgan fingerprint density at radius 2 is 2.24 bits per heavy atom. The van der Waals surface area contributed by atoms with E-state index < -0.39 is 6.10 Å². The van der Waals surface area contributed by atoms with Crippen LogP contribution in [0.3, 0.4) is 0 Å². The van der Waals surface area contributed by atoms with Gasteiger partial charge in [0.2, 0.25) is 0 Å². The monoisotopic (exact) mass is 309 g/mol. The Kier molecular flexibility index (Phi) is 3.99. The zero-order valence-corrected chi connectivity index (χ0v) is 13.0. The number of hydrogen-bond acceptors (Lipinski definition) is 5. The number of thiophene rings is 1. The van der Waals surface area contributed by atoms with Crippen molar-refractivity contribution in [3.8, 4) is 0 Å². The van der Waals surface area contributed by atoms with Gasteiger partial charge < -0.3 is 14.4 Å². The second-order valence-electron chi connectivity index (χ2n) is 5.64. The highest BCUT2D eigenvalue weighted by atomic mass is 32.1. The molecule has 2 aliphatic rings. The summed E-state index contributed by atoms with van der Waals surface area (Å²) in [7, 11) is 1.37. The van der Waals surface area contributed by atoms with Crippen LogP contribution in [0.15, 0.2) is 16.8 Å². The summed E-state index contributed by atoms with van der Waals surface area (Å²) in [6.07, 6.45) is 1.69. The van der Waals surface area contributed by atoms with Crippen LogP contribution in [0, 0.1) is 0 Å². The van der Waals surface area contributed by atoms with Crippen molar-refractivity contribution in [2.75, 3.05) is 7.11 Å². The van der Waals surface area contributed by atoms with Gasteiger partial charge in [0.05, 0.1) is 24.8 Å². The Morgan fingerprint density at radius 3 is 2.90 bits per heavy atom. The van der Waals surface area contributed by atoms with Gasteiger partial charge in [-0.25, -0.2) is 4.79 Å². The highest BCUT2D eigenvalue weighted by molar-refractivity contribution is 7.08. The van der Waals surface area contributed by atoms with E-state index in [1.807, 2.05) is 21.7 Å². The lowest BCUT2D eigenvalue weighted by atomic mass is 9.92. The van der Waals surface area contributed by atoms with Crippen LogP contribution in [-0.4, -0.2) is 48.2 Å². The van der Waals surface area contributed by atoms with E-state index in [-0.39, 0.29) is 30.1 Å². The minimum Gasteiger partial charge on any atom is -0.467 e. The molecule has 0 saturated carbocycles. The molecule has 5 nitrogen and oxygen atoms in total. The van der Waals surface area contributed by atoms with Gasteiger partial charge in [-0.05, 0) is 31.2 Å². The zero-order valence-electron chi connectivity index (χ0n) is 12.2. The topological polar surface area (TPSA) is 55.8 Å². The van der Waals surface area contributed by atoms with Crippen LogP contribution in [0.2, 0.25) is 0 Å². The third kappa shape index (κ3) is 2.58. The summed E-state index contributed by atoms with van der Waals surface area (Å²) in [5.74, 6) is -0.312. The predicted octanol–water partition coefficient (Wildman–Crippen LogP) is 2.07. The molecule has 0 aromatic carbocycles. The summed E-state index contributed by atoms with van der Waals surface area (Å²) < 4.78 is 10.6. The highest BCUT2D eigenvalue weighted by Crippen LogP contribution is 2.36. The maximum Gasteiger partial charge on any atom is 0.335 e. The number of carbonyl (C=O) groups excluding carboxylic acids is 2. The minimum absolute atomic E-state index is 0.0348. The van der Waals surface area contributed by atoms with E-state index in [1.54, 1.807) is 0 Å². The molecule has 2 fully saturated rings. The Labute approximate surface area is 127 Å². The molecule has 21 heavy (non-hydrogen) atoms. The minimum atomic E-state index is -0.548. The van der Waals surface area contributed by atoms with Crippen molar-refractivity contribution < 1.29 is 19.1 Å². The first kappa shape index (κ1) is 14.5. The molecule has 1 aromatic rings. The van der Waals surface area contributed by atoms with Crippen LogP contribution < -0.4 is 0 Å². The summed E-state index contributed by atoms with van der Waals surface area (Å²) in [6, 6.07) is 1.97. The van der Waals surface area contributed by atoms with Crippen molar-refractivity contribution >= 4 is 23.2 Å². The number of ether oxygens (including phenoxy) is 2. The number of methoxy groups -OCH3 is 1. The van der Waals surface area contributed by atoms with E-state index in [9.17, 15) is 9.59 Å². The van der Waals surface area contributed by atoms with Crippen molar-refractivity contribution in [1.29, 1.82) is 0 Å². The summed E-state index contributed by atoms with van der Waals surface area (Å²) in [5, 5.41) is 3.77. The molecule has 6 heteroatoms. The van der Waals surface area contributed by atoms with Gasteiger partial charge in [0.1, 0.15) is 0 Å². The number of piperidine rings is 1. The molecule has 1 aromatic heterocycles. The second kappa shape index (κ2) is 5.77. The van der Waals surface area contributed by atoms with Crippen molar-refractivity contribution in [2.24, 2.45) is 0 Å². The first-order valence-electron chi connectivity index (χ1n) is 7.20. The fourth-order valence-electron chi connectivity index (χ4n) is 3.32. The molecule has 2 saturated heterocycles. The normalized spacial score (nSPS) is 31.8. The zero-order chi connectivity index (χ0) is 15.0. The fraction of sp³-hybridized carbons (Fsp3) is 0.600. The first-order chi connectivity index (χ1) is 10.1. The van der Waals surface area contributed by atoms with Crippen LogP contribution in [0.5, 0.6) is 0 Å². The SMILES string of the molecule is COC(=O)[C@@H]1C[C@@H]2[C@H](CC[C@@H](C)N2C(=O)c2ccsc2)O1. The van der Waals surface area contributed by atoms with Crippen molar-refractivity contribution in [3.63, 3.8) is 0 Å².